The number of carbonyl (C=O) groups excluding carboxylic acids is 1. The Hall–Kier alpha value is -1.90. The summed E-state index contributed by atoms with van der Waals surface area (Å²) in [5.41, 5.74) is 3.45. The fraction of sp³-hybridized carbons (Fsp3) is 0.316. The van der Waals surface area contributed by atoms with E-state index in [2.05, 4.69) is 46.9 Å². The number of carbonyl (C=O) groups is 1. The third kappa shape index (κ3) is 5.79. The average Bonchev–Trinajstić information content (AvgIpc) is 3.32. The zero-order valence-corrected chi connectivity index (χ0v) is 18.0. The summed E-state index contributed by atoms with van der Waals surface area (Å²) in [6.07, 6.45) is 0. The van der Waals surface area contributed by atoms with Gasteiger partial charge >= 0.3 is 0 Å². The molecule has 27 heavy (non-hydrogen) atoms. The van der Waals surface area contributed by atoms with Crippen LogP contribution in [0.15, 0.2) is 45.4 Å². The van der Waals surface area contributed by atoms with Crippen molar-refractivity contribution in [2.45, 2.75) is 30.6 Å². The smallest absolute Gasteiger partial charge is 0.233 e. The topological polar surface area (TPSA) is 58.1 Å². The van der Waals surface area contributed by atoms with Gasteiger partial charge < -0.3 is 10.2 Å². The highest BCUT2D eigenvalue weighted by atomic mass is 32.2. The van der Waals surface area contributed by atoms with Gasteiger partial charge in [-0.2, -0.15) is 11.3 Å². The van der Waals surface area contributed by atoms with Crippen LogP contribution < -0.4 is 5.32 Å². The molecule has 5 nitrogen and oxygen atoms in total. The van der Waals surface area contributed by atoms with Gasteiger partial charge in [0.05, 0.1) is 5.75 Å². The molecule has 2 aromatic heterocycles. The molecule has 1 N–H and O–H groups in total. The fourth-order valence-electron chi connectivity index (χ4n) is 2.37. The first-order valence-corrected chi connectivity index (χ1v) is 11.3. The Morgan fingerprint density at radius 1 is 1.22 bits per heavy atom. The van der Waals surface area contributed by atoms with Crippen LogP contribution in [0.4, 0.5) is 10.8 Å². The summed E-state index contributed by atoms with van der Waals surface area (Å²) in [5.74, 6) is 0.956. The SMILES string of the molecule is CC(C)c1ccc(Nc2nnc(SCC(=O)N(C)Cc3ccsc3)s2)cc1. The van der Waals surface area contributed by atoms with Crippen molar-refractivity contribution in [3.8, 4) is 0 Å². The first-order valence-electron chi connectivity index (χ1n) is 8.59. The predicted octanol–water partition coefficient (Wildman–Crippen LogP) is 5.22. The van der Waals surface area contributed by atoms with E-state index in [-0.39, 0.29) is 5.91 Å². The second-order valence-electron chi connectivity index (χ2n) is 6.44. The summed E-state index contributed by atoms with van der Waals surface area (Å²) < 4.78 is 0.786. The lowest BCUT2D eigenvalue weighted by atomic mass is 10.0. The van der Waals surface area contributed by atoms with Crippen molar-refractivity contribution in [1.29, 1.82) is 0 Å². The molecular formula is C19H22N4OS3. The maximum absolute atomic E-state index is 12.3. The highest BCUT2D eigenvalue weighted by Crippen LogP contribution is 2.28. The van der Waals surface area contributed by atoms with Crippen molar-refractivity contribution in [2.24, 2.45) is 0 Å². The van der Waals surface area contributed by atoms with Crippen molar-refractivity contribution in [2.75, 3.05) is 18.1 Å². The number of anilines is 2. The molecule has 0 bridgehead atoms. The van der Waals surface area contributed by atoms with Gasteiger partial charge in [-0.15, -0.1) is 10.2 Å². The minimum absolute atomic E-state index is 0.0835. The van der Waals surface area contributed by atoms with E-state index in [9.17, 15) is 4.79 Å². The molecule has 1 amide bonds. The molecular weight excluding hydrogens is 396 g/mol. The standard InChI is InChI=1S/C19H22N4OS3/c1-13(2)15-4-6-16(7-5-15)20-18-21-22-19(27-18)26-12-17(24)23(3)10-14-8-9-25-11-14/h4-9,11,13H,10,12H2,1-3H3,(H,20,21). The summed E-state index contributed by atoms with van der Waals surface area (Å²) in [6.45, 7) is 4.99. The van der Waals surface area contributed by atoms with E-state index >= 15 is 0 Å². The zero-order valence-electron chi connectivity index (χ0n) is 15.5. The van der Waals surface area contributed by atoms with Crippen LogP contribution in [-0.4, -0.2) is 33.8 Å². The van der Waals surface area contributed by atoms with E-state index in [1.54, 1.807) is 16.2 Å². The highest BCUT2D eigenvalue weighted by Gasteiger charge is 2.13. The molecule has 0 atom stereocenters. The molecule has 0 saturated carbocycles. The van der Waals surface area contributed by atoms with Gasteiger partial charge in [-0.25, -0.2) is 0 Å². The number of benzene rings is 1. The number of rotatable bonds is 8. The molecule has 2 heterocycles. The Bertz CT molecular complexity index is 859. The van der Waals surface area contributed by atoms with Crippen LogP contribution in [0.3, 0.4) is 0 Å². The van der Waals surface area contributed by atoms with Gasteiger partial charge in [0, 0.05) is 19.3 Å². The van der Waals surface area contributed by atoms with Gasteiger partial charge in [0.15, 0.2) is 4.34 Å². The maximum atomic E-state index is 12.3. The quantitative estimate of drug-likeness (QED) is 0.508. The average molecular weight is 419 g/mol. The zero-order chi connectivity index (χ0) is 19.2. The Kier molecular flexibility index (Phi) is 6.87. The Balaban J connectivity index is 1.49. The third-order valence-electron chi connectivity index (χ3n) is 3.98. The Morgan fingerprint density at radius 3 is 2.67 bits per heavy atom. The van der Waals surface area contributed by atoms with Gasteiger partial charge in [0.1, 0.15) is 0 Å². The van der Waals surface area contributed by atoms with Crippen molar-refractivity contribution >= 4 is 51.2 Å². The first kappa shape index (κ1) is 19.9. The summed E-state index contributed by atoms with van der Waals surface area (Å²) in [4.78, 5) is 14.0. The normalized spacial score (nSPS) is 11.0. The minimum atomic E-state index is 0.0835. The van der Waals surface area contributed by atoms with E-state index in [1.807, 2.05) is 30.6 Å². The van der Waals surface area contributed by atoms with E-state index in [0.29, 0.717) is 18.2 Å². The highest BCUT2D eigenvalue weighted by molar-refractivity contribution is 8.01. The van der Waals surface area contributed by atoms with Gasteiger partial charge in [0.2, 0.25) is 11.0 Å². The number of hydrogen-bond donors (Lipinski definition) is 1. The van der Waals surface area contributed by atoms with Crippen molar-refractivity contribution in [3.63, 3.8) is 0 Å². The molecule has 0 aliphatic heterocycles. The van der Waals surface area contributed by atoms with E-state index in [0.717, 1.165) is 20.7 Å². The summed E-state index contributed by atoms with van der Waals surface area (Å²) in [5, 5.41) is 16.4. The first-order chi connectivity index (χ1) is 13.0. The molecule has 3 rings (SSSR count). The second kappa shape index (κ2) is 9.34. The molecule has 1 aromatic carbocycles. The number of nitrogens with one attached hydrogen (secondary N) is 1. The van der Waals surface area contributed by atoms with E-state index < -0.39 is 0 Å². The van der Waals surface area contributed by atoms with Gasteiger partial charge in [-0.05, 0) is 46.0 Å². The molecule has 0 aliphatic rings. The molecule has 0 aliphatic carbocycles. The maximum Gasteiger partial charge on any atom is 0.233 e. The number of aromatic nitrogens is 2. The largest absolute Gasteiger partial charge is 0.341 e. The van der Waals surface area contributed by atoms with Gasteiger partial charge in [-0.3, -0.25) is 4.79 Å². The Labute approximate surface area is 171 Å². The van der Waals surface area contributed by atoms with Crippen LogP contribution >= 0.6 is 34.4 Å². The molecule has 142 valence electrons. The third-order valence-corrected chi connectivity index (χ3v) is 6.67. The molecule has 0 saturated heterocycles. The van der Waals surface area contributed by atoms with Crippen LogP contribution in [0.1, 0.15) is 30.9 Å². The van der Waals surface area contributed by atoms with Crippen molar-refractivity contribution in [3.05, 3.63) is 52.2 Å². The number of thiophene rings is 1. The van der Waals surface area contributed by atoms with E-state index in [1.165, 1.54) is 28.7 Å². The molecule has 0 radical (unpaired) electrons. The van der Waals surface area contributed by atoms with Crippen molar-refractivity contribution in [1.82, 2.24) is 15.1 Å². The van der Waals surface area contributed by atoms with Crippen LogP contribution in [0.5, 0.6) is 0 Å². The monoisotopic (exact) mass is 418 g/mol. The predicted molar refractivity (Wildman–Crippen MR) is 115 cm³/mol. The van der Waals surface area contributed by atoms with Gasteiger partial charge in [-0.1, -0.05) is 49.1 Å². The number of hydrogen-bond acceptors (Lipinski definition) is 7. The molecule has 3 aromatic rings. The van der Waals surface area contributed by atoms with Crippen LogP contribution in [0.25, 0.3) is 0 Å². The molecule has 0 fully saturated rings. The van der Waals surface area contributed by atoms with Crippen LogP contribution in [0, 0.1) is 0 Å². The lowest BCUT2D eigenvalue weighted by Gasteiger charge is -2.15. The summed E-state index contributed by atoms with van der Waals surface area (Å²) in [6, 6.07) is 10.4. The summed E-state index contributed by atoms with van der Waals surface area (Å²) >= 11 is 4.52. The Morgan fingerprint density at radius 2 is 2.00 bits per heavy atom. The molecule has 8 heteroatoms. The number of nitrogens with zero attached hydrogens (tertiary/aromatic N) is 3. The second-order valence-corrected chi connectivity index (χ2v) is 9.42. The number of amides is 1. The molecule has 0 unspecified atom stereocenters. The van der Waals surface area contributed by atoms with Crippen molar-refractivity contribution < 1.29 is 4.79 Å². The number of thioether (sulfide) groups is 1. The van der Waals surface area contributed by atoms with Crippen LogP contribution in [0.2, 0.25) is 0 Å². The lowest BCUT2D eigenvalue weighted by molar-refractivity contribution is -0.127. The van der Waals surface area contributed by atoms with Gasteiger partial charge in [0.25, 0.3) is 0 Å². The lowest BCUT2D eigenvalue weighted by Crippen LogP contribution is -2.27. The minimum Gasteiger partial charge on any atom is -0.341 e. The van der Waals surface area contributed by atoms with E-state index in [4.69, 9.17) is 0 Å². The molecule has 0 spiro atoms. The fourth-order valence-corrected chi connectivity index (χ4v) is 4.74. The summed E-state index contributed by atoms with van der Waals surface area (Å²) in [7, 11) is 1.83. The van der Waals surface area contributed by atoms with Crippen LogP contribution in [-0.2, 0) is 11.3 Å².